The molecule has 3 rings (SSSR count). The zero-order valence-corrected chi connectivity index (χ0v) is 13.4. The second kappa shape index (κ2) is 6.01. The van der Waals surface area contributed by atoms with E-state index in [1.165, 1.54) is 0 Å². The summed E-state index contributed by atoms with van der Waals surface area (Å²) < 4.78 is 29.9. The van der Waals surface area contributed by atoms with Crippen molar-refractivity contribution in [2.45, 2.75) is 24.7 Å². The van der Waals surface area contributed by atoms with Crippen molar-refractivity contribution in [2.24, 2.45) is 17.8 Å². The number of carbonyl (C=O) groups is 1. The summed E-state index contributed by atoms with van der Waals surface area (Å²) in [4.78, 5) is 12.2. The molecule has 0 bridgehead atoms. The lowest BCUT2D eigenvalue weighted by Crippen LogP contribution is -2.17. The maximum absolute atomic E-state index is 12.3. The van der Waals surface area contributed by atoms with E-state index in [0.717, 1.165) is 12.8 Å². The Morgan fingerprint density at radius 3 is 2.55 bits per heavy atom. The number of hydrogen-bond donors (Lipinski definition) is 1. The maximum Gasteiger partial charge on any atom is 0.227 e. The van der Waals surface area contributed by atoms with Gasteiger partial charge >= 0.3 is 0 Å². The molecule has 1 N–H and O–H groups in total. The molecule has 1 aromatic rings. The second-order valence-corrected chi connectivity index (χ2v) is 8.38. The highest BCUT2D eigenvalue weighted by molar-refractivity contribution is 7.91. The van der Waals surface area contributed by atoms with Gasteiger partial charge in [0.05, 0.1) is 17.3 Å². The van der Waals surface area contributed by atoms with Crippen LogP contribution in [0.15, 0.2) is 29.2 Å². The average Bonchev–Trinajstić information content (AvgIpc) is 2.99. The third-order valence-corrected chi connectivity index (χ3v) is 6.31. The second-order valence-electron chi connectivity index (χ2n) is 6.34. The molecule has 2 aliphatic rings. The van der Waals surface area contributed by atoms with E-state index in [4.69, 9.17) is 4.74 Å². The Balaban J connectivity index is 1.64. The van der Waals surface area contributed by atoms with Crippen LogP contribution < -0.4 is 5.32 Å². The fourth-order valence-electron chi connectivity index (χ4n) is 2.79. The molecule has 0 aromatic heterocycles. The Hall–Kier alpha value is -1.40. The Labute approximate surface area is 131 Å². The molecular weight excluding hydrogens is 302 g/mol. The molecule has 1 aliphatic carbocycles. The zero-order chi connectivity index (χ0) is 15.7. The summed E-state index contributed by atoms with van der Waals surface area (Å²) in [6.07, 6.45) is 1.73. The summed E-state index contributed by atoms with van der Waals surface area (Å²) in [5, 5.41) is 2.83. The van der Waals surface area contributed by atoms with Gasteiger partial charge in [0, 0.05) is 18.2 Å². The first-order valence-corrected chi connectivity index (χ1v) is 9.32. The van der Waals surface area contributed by atoms with Crippen LogP contribution in [0, 0.1) is 17.8 Å². The van der Waals surface area contributed by atoms with Crippen molar-refractivity contribution in [1.29, 1.82) is 0 Å². The fraction of sp³-hybridized carbons (Fsp3) is 0.562. The van der Waals surface area contributed by atoms with E-state index >= 15 is 0 Å². The maximum atomic E-state index is 12.3. The molecule has 1 saturated heterocycles. The van der Waals surface area contributed by atoms with Gasteiger partial charge in [0.2, 0.25) is 5.91 Å². The van der Waals surface area contributed by atoms with Gasteiger partial charge in [-0.15, -0.1) is 0 Å². The summed E-state index contributed by atoms with van der Waals surface area (Å²) in [6, 6.07) is 6.44. The molecule has 120 valence electrons. The smallest absolute Gasteiger partial charge is 0.227 e. The summed E-state index contributed by atoms with van der Waals surface area (Å²) in [6.45, 7) is 3.21. The van der Waals surface area contributed by atoms with Gasteiger partial charge in [0.1, 0.15) is 0 Å². The molecular formula is C16H21NO4S. The minimum Gasteiger partial charge on any atom is -0.381 e. The predicted molar refractivity (Wildman–Crippen MR) is 83.3 cm³/mol. The third kappa shape index (κ3) is 3.50. The highest BCUT2D eigenvalue weighted by Gasteiger charge is 2.39. The van der Waals surface area contributed by atoms with Gasteiger partial charge < -0.3 is 10.1 Å². The van der Waals surface area contributed by atoms with Crippen molar-refractivity contribution in [3.05, 3.63) is 24.3 Å². The van der Waals surface area contributed by atoms with Gasteiger partial charge in [0.15, 0.2) is 9.84 Å². The molecule has 2 fully saturated rings. The minimum absolute atomic E-state index is 0.0196. The lowest BCUT2D eigenvalue weighted by Gasteiger charge is -2.10. The molecule has 0 spiro atoms. The van der Waals surface area contributed by atoms with Crippen molar-refractivity contribution in [3.63, 3.8) is 0 Å². The minimum atomic E-state index is -3.29. The lowest BCUT2D eigenvalue weighted by molar-refractivity contribution is -0.117. The molecule has 1 aromatic carbocycles. The normalized spacial score (nSPS) is 27.6. The largest absolute Gasteiger partial charge is 0.381 e. The molecule has 1 heterocycles. The molecule has 22 heavy (non-hydrogen) atoms. The van der Waals surface area contributed by atoms with E-state index in [2.05, 4.69) is 5.32 Å². The number of carbonyl (C=O) groups excluding carboxylic acids is 1. The van der Waals surface area contributed by atoms with Crippen LogP contribution in [-0.2, 0) is 19.4 Å². The highest BCUT2D eigenvalue weighted by atomic mass is 32.2. The first-order valence-electron chi connectivity index (χ1n) is 7.67. The number of anilines is 1. The molecule has 1 aliphatic heterocycles. The standard InChI is InChI=1S/C16H21NO4S/c1-11-8-15(11)16(18)17-13-2-4-14(5-3-13)22(19,20)10-12-6-7-21-9-12/h2-5,11-12,15H,6-10H2,1H3,(H,17,18). The van der Waals surface area contributed by atoms with Crippen molar-refractivity contribution >= 4 is 21.4 Å². The van der Waals surface area contributed by atoms with Crippen LogP contribution in [0.4, 0.5) is 5.69 Å². The van der Waals surface area contributed by atoms with Crippen LogP contribution >= 0.6 is 0 Å². The SMILES string of the molecule is CC1CC1C(=O)Nc1ccc(S(=O)(=O)CC2CCOC2)cc1. The van der Waals surface area contributed by atoms with Gasteiger partial charge in [0.25, 0.3) is 0 Å². The van der Waals surface area contributed by atoms with Crippen LogP contribution in [0.2, 0.25) is 0 Å². The number of rotatable bonds is 5. The van der Waals surface area contributed by atoms with Crippen LogP contribution in [-0.4, -0.2) is 33.3 Å². The Bertz CT molecular complexity index is 647. The Morgan fingerprint density at radius 2 is 2.00 bits per heavy atom. The van der Waals surface area contributed by atoms with E-state index in [1.54, 1.807) is 24.3 Å². The van der Waals surface area contributed by atoms with Gasteiger partial charge in [-0.3, -0.25) is 4.79 Å². The molecule has 6 heteroatoms. The van der Waals surface area contributed by atoms with Crippen molar-refractivity contribution in [3.8, 4) is 0 Å². The summed E-state index contributed by atoms with van der Waals surface area (Å²) in [7, 11) is -3.29. The van der Waals surface area contributed by atoms with E-state index in [-0.39, 0.29) is 23.5 Å². The summed E-state index contributed by atoms with van der Waals surface area (Å²) in [5.41, 5.74) is 0.646. The third-order valence-electron chi connectivity index (χ3n) is 4.41. The number of ether oxygens (including phenoxy) is 1. The number of nitrogens with one attached hydrogen (secondary N) is 1. The molecule has 0 radical (unpaired) electrons. The van der Waals surface area contributed by atoms with Crippen molar-refractivity contribution < 1.29 is 17.9 Å². The number of benzene rings is 1. The van der Waals surface area contributed by atoms with Gasteiger partial charge in [-0.25, -0.2) is 8.42 Å². The molecule has 3 unspecified atom stereocenters. The number of amides is 1. The van der Waals surface area contributed by atoms with Crippen LogP contribution in [0.1, 0.15) is 19.8 Å². The molecule has 1 amide bonds. The first-order chi connectivity index (χ1) is 10.5. The van der Waals surface area contributed by atoms with Crippen molar-refractivity contribution in [2.75, 3.05) is 24.3 Å². The molecule has 5 nitrogen and oxygen atoms in total. The first kappa shape index (κ1) is 15.5. The topological polar surface area (TPSA) is 72.5 Å². The van der Waals surface area contributed by atoms with E-state index < -0.39 is 9.84 Å². The van der Waals surface area contributed by atoms with E-state index in [0.29, 0.717) is 29.7 Å². The van der Waals surface area contributed by atoms with Crippen molar-refractivity contribution in [1.82, 2.24) is 0 Å². The van der Waals surface area contributed by atoms with Crippen LogP contribution in [0.3, 0.4) is 0 Å². The van der Waals surface area contributed by atoms with Gasteiger partial charge in [-0.2, -0.15) is 0 Å². The molecule has 3 atom stereocenters. The Kier molecular flexibility index (Phi) is 4.23. The summed E-state index contributed by atoms with van der Waals surface area (Å²) in [5.74, 6) is 0.782. The highest BCUT2D eigenvalue weighted by Crippen LogP contribution is 2.38. The Morgan fingerprint density at radius 1 is 1.32 bits per heavy atom. The van der Waals surface area contributed by atoms with Crippen LogP contribution in [0.5, 0.6) is 0 Å². The average molecular weight is 323 g/mol. The van der Waals surface area contributed by atoms with Gasteiger partial charge in [-0.1, -0.05) is 6.92 Å². The summed E-state index contributed by atoms with van der Waals surface area (Å²) >= 11 is 0. The van der Waals surface area contributed by atoms with Gasteiger partial charge in [-0.05, 0) is 48.9 Å². The molecule has 1 saturated carbocycles. The van der Waals surface area contributed by atoms with E-state index in [1.807, 2.05) is 6.92 Å². The zero-order valence-electron chi connectivity index (χ0n) is 12.6. The van der Waals surface area contributed by atoms with E-state index in [9.17, 15) is 13.2 Å². The quantitative estimate of drug-likeness (QED) is 0.900. The van der Waals surface area contributed by atoms with Crippen LogP contribution in [0.25, 0.3) is 0 Å². The fourth-order valence-corrected chi connectivity index (χ4v) is 4.42. The number of sulfone groups is 1. The monoisotopic (exact) mass is 323 g/mol. The predicted octanol–water partition coefficient (Wildman–Crippen LogP) is 2.09. The lowest BCUT2D eigenvalue weighted by atomic mass is 10.2. The number of hydrogen-bond acceptors (Lipinski definition) is 4.